The van der Waals surface area contributed by atoms with Gasteiger partial charge >= 0.3 is 0 Å². The van der Waals surface area contributed by atoms with Crippen LogP contribution in [0.2, 0.25) is 0 Å². The van der Waals surface area contributed by atoms with E-state index in [4.69, 9.17) is 0 Å². The van der Waals surface area contributed by atoms with Gasteiger partial charge in [0, 0.05) is 31.3 Å². The number of halogens is 3. The van der Waals surface area contributed by atoms with Crippen LogP contribution < -0.4 is 5.32 Å². The van der Waals surface area contributed by atoms with Gasteiger partial charge in [-0.05, 0) is 26.3 Å². The van der Waals surface area contributed by atoms with Gasteiger partial charge in [-0.2, -0.15) is 0 Å². The van der Waals surface area contributed by atoms with Gasteiger partial charge in [-0.25, -0.2) is 13.2 Å². The number of nitrogens with zero attached hydrogens (tertiary/aromatic N) is 1. The Balaban J connectivity index is 2.28. The number of amides is 1. The van der Waals surface area contributed by atoms with E-state index in [1.807, 2.05) is 0 Å². The van der Waals surface area contributed by atoms with Gasteiger partial charge in [0.1, 0.15) is 23.0 Å². The summed E-state index contributed by atoms with van der Waals surface area (Å²) in [5.41, 5.74) is -0.682. The van der Waals surface area contributed by atoms with Gasteiger partial charge in [0.25, 0.3) is 5.91 Å². The number of hydrogen-bond acceptors (Lipinski definition) is 2. The molecule has 1 N–H and O–H groups in total. The van der Waals surface area contributed by atoms with E-state index >= 15 is 0 Å². The molecule has 0 aliphatic carbocycles. The van der Waals surface area contributed by atoms with Crippen molar-refractivity contribution in [1.82, 2.24) is 10.2 Å². The SMILES string of the molecule is CCN(C(=O)c1c(F)cc(F)cc1F)C1CCCNC1. The summed E-state index contributed by atoms with van der Waals surface area (Å²) in [6.07, 6.45) is 1.69. The van der Waals surface area contributed by atoms with E-state index < -0.39 is 28.9 Å². The molecule has 2 rings (SSSR count). The Labute approximate surface area is 115 Å². The average molecular weight is 286 g/mol. The van der Waals surface area contributed by atoms with E-state index in [0.717, 1.165) is 19.4 Å². The van der Waals surface area contributed by atoms with Gasteiger partial charge in [0.2, 0.25) is 0 Å². The van der Waals surface area contributed by atoms with Crippen molar-refractivity contribution < 1.29 is 18.0 Å². The van der Waals surface area contributed by atoms with Crippen LogP contribution in [-0.4, -0.2) is 36.5 Å². The largest absolute Gasteiger partial charge is 0.334 e. The van der Waals surface area contributed by atoms with E-state index in [1.54, 1.807) is 6.92 Å². The summed E-state index contributed by atoms with van der Waals surface area (Å²) < 4.78 is 40.3. The summed E-state index contributed by atoms with van der Waals surface area (Å²) in [5.74, 6) is -4.07. The van der Waals surface area contributed by atoms with E-state index in [0.29, 0.717) is 25.2 Å². The normalized spacial score (nSPS) is 18.9. The number of nitrogens with one attached hydrogen (secondary N) is 1. The predicted molar refractivity (Wildman–Crippen MR) is 68.9 cm³/mol. The molecule has 1 aliphatic heterocycles. The smallest absolute Gasteiger partial charge is 0.260 e. The second-order valence-corrected chi connectivity index (χ2v) is 4.84. The molecule has 110 valence electrons. The van der Waals surface area contributed by atoms with Crippen LogP contribution in [0.3, 0.4) is 0 Å². The zero-order valence-electron chi connectivity index (χ0n) is 11.3. The molecule has 1 amide bonds. The standard InChI is InChI=1S/C14H17F3N2O/c1-2-19(10-4-3-5-18-8-10)14(20)13-11(16)6-9(15)7-12(13)17/h6-7,10,18H,2-5,8H2,1H3. The molecule has 0 saturated carbocycles. The van der Waals surface area contributed by atoms with Gasteiger partial charge < -0.3 is 10.2 Å². The maximum absolute atomic E-state index is 13.7. The van der Waals surface area contributed by atoms with Gasteiger partial charge in [0.15, 0.2) is 0 Å². The highest BCUT2D eigenvalue weighted by Gasteiger charge is 2.29. The van der Waals surface area contributed by atoms with Crippen molar-refractivity contribution in [2.75, 3.05) is 19.6 Å². The monoisotopic (exact) mass is 286 g/mol. The molecular formula is C14H17F3N2O. The van der Waals surface area contributed by atoms with Crippen LogP contribution in [0.4, 0.5) is 13.2 Å². The number of benzene rings is 1. The first-order valence-corrected chi connectivity index (χ1v) is 6.70. The fourth-order valence-corrected chi connectivity index (χ4v) is 2.56. The Bertz CT molecular complexity index is 478. The third-order valence-corrected chi connectivity index (χ3v) is 3.53. The van der Waals surface area contributed by atoms with Crippen LogP contribution in [0, 0.1) is 17.5 Å². The molecule has 1 aromatic rings. The molecule has 0 radical (unpaired) electrons. The van der Waals surface area contributed by atoms with E-state index in [-0.39, 0.29) is 6.04 Å². The number of carbonyl (C=O) groups is 1. The second-order valence-electron chi connectivity index (χ2n) is 4.84. The summed E-state index contributed by atoms with van der Waals surface area (Å²) in [6.45, 7) is 3.58. The second kappa shape index (κ2) is 6.26. The molecule has 1 heterocycles. The highest BCUT2D eigenvalue weighted by atomic mass is 19.1. The van der Waals surface area contributed by atoms with Crippen molar-refractivity contribution >= 4 is 5.91 Å². The molecule has 1 saturated heterocycles. The van der Waals surface area contributed by atoms with Crippen LogP contribution >= 0.6 is 0 Å². The van der Waals surface area contributed by atoms with E-state index in [1.165, 1.54) is 4.90 Å². The highest BCUT2D eigenvalue weighted by Crippen LogP contribution is 2.20. The topological polar surface area (TPSA) is 32.3 Å². The van der Waals surface area contributed by atoms with Crippen LogP contribution in [0.25, 0.3) is 0 Å². The molecule has 1 unspecified atom stereocenters. The third kappa shape index (κ3) is 2.95. The first kappa shape index (κ1) is 14.8. The fraction of sp³-hybridized carbons (Fsp3) is 0.500. The Morgan fingerprint density at radius 2 is 2.00 bits per heavy atom. The van der Waals surface area contributed by atoms with Crippen molar-refractivity contribution in [3.63, 3.8) is 0 Å². The lowest BCUT2D eigenvalue weighted by atomic mass is 10.0. The molecule has 1 atom stereocenters. The van der Waals surface area contributed by atoms with Crippen LogP contribution in [-0.2, 0) is 0 Å². The molecule has 0 spiro atoms. The molecule has 3 nitrogen and oxygen atoms in total. The van der Waals surface area contributed by atoms with Gasteiger partial charge in [-0.3, -0.25) is 4.79 Å². The number of hydrogen-bond donors (Lipinski definition) is 1. The zero-order valence-corrected chi connectivity index (χ0v) is 11.3. The maximum atomic E-state index is 13.7. The Kier molecular flexibility index (Phi) is 4.65. The lowest BCUT2D eigenvalue weighted by molar-refractivity contribution is 0.0652. The summed E-state index contributed by atoms with van der Waals surface area (Å²) in [7, 11) is 0. The van der Waals surface area contributed by atoms with Crippen molar-refractivity contribution in [2.24, 2.45) is 0 Å². The number of carbonyl (C=O) groups excluding carboxylic acids is 1. The lowest BCUT2D eigenvalue weighted by Gasteiger charge is -2.34. The number of likely N-dealkylation sites (N-methyl/N-ethyl adjacent to an activating group) is 1. The zero-order chi connectivity index (χ0) is 14.7. The Morgan fingerprint density at radius 1 is 1.35 bits per heavy atom. The number of rotatable bonds is 3. The van der Waals surface area contributed by atoms with Gasteiger partial charge in [-0.15, -0.1) is 0 Å². The first-order chi connectivity index (χ1) is 9.54. The molecule has 20 heavy (non-hydrogen) atoms. The van der Waals surface area contributed by atoms with Crippen molar-refractivity contribution in [3.05, 3.63) is 35.1 Å². The van der Waals surface area contributed by atoms with Crippen LogP contribution in [0.15, 0.2) is 12.1 Å². The fourth-order valence-electron chi connectivity index (χ4n) is 2.56. The van der Waals surface area contributed by atoms with Crippen molar-refractivity contribution in [1.29, 1.82) is 0 Å². The number of piperidine rings is 1. The minimum Gasteiger partial charge on any atom is -0.334 e. The van der Waals surface area contributed by atoms with E-state index in [2.05, 4.69) is 5.32 Å². The molecule has 1 aliphatic rings. The Morgan fingerprint density at radius 3 is 2.50 bits per heavy atom. The molecule has 1 aromatic carbocycles. The summed E-state index contributed by atoms with van der Waals surface area (Å²) >= 11 is 0. The van der Waals surface area contributed by atoms with Crippen molar-refractivity contribution in [2.45, 2.75) is 25.8 Å². The van der Waals surface area contributed by atoms with Gasteiger partial charge in [-0.1, -0.05) is 0 Å². The van der Waals surface area contributed by atoms with Crippen LogP contribution in [0.5, 0.6) is 0 Å². The quantitative estimate of drug-likeness (QED) is 0.925. The molecule has 1 fully saturated rings. The first-order valence-electron chi connectivity index (χ1n) is 6.70. The van der Waals surface area contributed by atoms with Crippen LogP contribution in [0.1, 0.15) is 30.1 Å². The molecular weight excluding hydrogens is 269 g/mol. The van der Waals surface area contributed by atoms with Gasteiger partial charge in [0.05, 0.1) is 0 Å². The predicted octanol–water partition coefficient (Wildman–Crippen LogP) is 2.32. The Hall–Kier alpha value is -1.56. The molecule has 6 heteroatoms. The maximum Gasteiger partial charge on any atom is 0.260 e. The molecule has 0 bridgehead atoms. The highest BCUT2D eigenvalue weighted by molar-refractivity contribution is 5.95. The minimum atomic E-state index is -1.16. The van der Waals surface area contributed by atoms with Crippen molar-refractivity contribution in [3.8, 4) is 0 Å². The summed E-state index contributed by atoms with van der Waals surface area (Å²) in [4.78, 5) is 13.8. The average Bonchev–Trinajstić information content (AvgIpc) is 2.39. The lowest BCUT2D eigenvalue weighted by Crippen LogP contribution is -2.49. The summed E-state index contributed by atoms with van der Waals surface area (Å²) in [6, 6.07) is 0.970. The molecule has 0 aromatic heterocycles. The third-order valence-electron chi connectivity index (χ3n) is 3.53. The van der Waals surface area contributed by atoms with E-state index in [9.17, 15) is 18.0 Å². The minimum absolute atomic E-state index is 0.0925. The summed E-state index contributed by atoms with van der Waals surface area (Å²) in [5, 5.41) is 3.15.